The largest absolute Gasteiger partial charge is 0.314 e. The normalized spacial score (nSPS) is 28.3. The van der Waals surface area contributed by atoms with Crippen LogP contribution in [0.4, 0.5) is 4.39 Å². The van der Waals surface area contributed by atoms with E-state index in [0.717, 1.165) is 24.7 Å². The molecule has 110 valence electrons. The van der Waals surface area contributed by atoms with Gasteiger partial charge in [-0.25, -0.2) is 4.39 Å². The van der Waals surface area contributed by atoms with Gasteiger partial charge < -0.3 is 5.32 Å². The van der Waals surface area contributed by atoms with Crippen LogP contribution >= 0.6 is 0 Å². The second kappa shape index (κ2) is 6.23. The molecular formula is C17H25FN2. The van der Waals surface area contributed by atoms with Crippen LogP contribution in [0.2, 0.25) is 0 Å². The van der Waals surface area contributed by atoms with Crippen LogP contribution in [0.1, 0.15) is 43.7 Å². The first-order valence-corrected chi connectivity index (χ1v) is 7.93. The Morgan fingerprint density at radius 3 is 2.85 bits per heavy atom. The third kappa shape index (κ3) is 3.39. The zero-order valence-electron chi connectivity index (χ0n) is 12.3. The summed E-state index contributed by atoms with van der Waals surface area (Å²) in [5.41, 5.74) is 1.14. The quantitative estimate of drug-likeness (QED) is 0.907. The average Bonchev–Trinajstić information content (AvgIpc) is 3.24. The SMILES string of the molecule is CN1CCCCC(CNC2CC2)C1c1cccc(F)c1. The molecule has 1 saturated carbocycles. The highest BCUT2D eigenvalue weighted by Gasteiger charge is 2.30. The van der Waals surface area contributed by atoms with Crippen molar-refractivity contribution < 1.29 is 4.39 Å². The van der Waals surface area contributed by atoms with E-state index in [-0.39, 0.29) is 5.82 Å². The van der Waals surface area contributed by atoms with Crippen molar-refractivity contribution in [2.45, 2.75) is 44.2 Å². The molecule has 1 heterocycles. The molecule has 2 nitrogen and oxygen atoms in total. The summed E-state index contributed by atoms with van der Waals surface area (Å²) in [5.74, 6) is 0.471. The molecule has 2 aliphatic rings. The first-order chi connectivity index (χ1) is 9.74. The van der Waals surface area contributed by atoms with Gasteiger partial charge in [0.2, 0.25) is 0 Å². The number of hydrogen-bond donors (Lipinski definition) is 1. The predicted molar refractivity (Wildman–Crippen MR) is 80.1 cm³/mol. The van der Waals surface area contributed by atoms with Crippen molar-refractivity contribution in [3.05, 3.63) is 35.6 Å². The van der Waals surface area contributed by atoms with Crippen molar-refractivity contribution in [1.82, 2.24) is 10.2 Å². The van der Waals surface area contributed by atoms with E-state index in [1.165, 1.54) is 38.2 Å². The van der Waals surface area contributed by atoms with Crippen LogP contribution in [0, 0.1) is 11.7 Å². The Kier molecular flexibility index (Phi) is 4.37. The molecule has 0 spiro atoms. The zero-order valence-corrected chi connectivity index (χ0v) is 12.3. The Labute approximate surface area is 121 Å². The standard InChI is InChI=1S/C17H25FN2/c1-20-10-3-2-5-14(12-19-16-8-9-16)17(20)13-6-4-7-15(18)11-13/h4,6-7,11,14,16-17,19H,2-3,5,8-10,12H2,1H3. The molecule has 2 fully saturated rings. The van der Waals surface area contributed by atoms with E-state index in [9.17, 15) is 4.39 Å². The van der Waals surface area contributed by atoms with Crippen LogP contribution in [-0.4, -0.2) is 31.1 Å². The topological polar surface area (TPSA) is 15.3 Å². The van der Waals surface area contributed by atoms with Crippen LogP contribution in [-0.2, 0) is 0 Å². The summed E-state index contributed by atoms with van der Waals surface area (Å²) >= 11 is 0. The molecule has 1 N–H and O–H groups in total. The molecule has 3 rings (SSSR count). The van der Waals surface area contributed by atoms with Gasteiger partial charge in [0, 0.05) is 18.6 Å². The van der Waals surface area contributed by atoms with E-state index in [4.69, 9.17) is 0 Å². The molecule has 20 heavy (non-hydrogen) atoms. The van der Waals surface area contributed by atoms with Crippen molar-refractivity contribution >= 4 is 0 Å². The van der Waals surface area contributed by atoms with E-state index in [2.05, 4.69) is 23.3 Å². The third-order valence-electron chi connectivity index (χ3n) is 4.69. The Hall–Kier alpha value is -0.930. The number of likely N-dealkylation sites (tertiary alicyclic amines) is 1. The van der Waals surface area contributed by atoms with Gasteiger partial charge in [-0.1, -0.05) is 18.6 Å². The van der Waals surface area contributed by atoms with Gasteiger partial charge in [0.05, 0.1) is 0 Å². The summed E-state index contributed by atoms with van der Waals surface area (Å²) in [6.07, 6.45) is 6.43. The van der Waals surface area contributed by atoms with Crippen molar-refractivity contribution in [3.63, 3.8) is 0 Å². The van der Waals surface area contributed by atoms with Crippen LogP contribution in [0.25, 0.3) is 0 Å². The molecule has 0 radical (unpaired) electrons. The van der Waals surface area contributed by atoms with Crippen LogP contribution in [0.5, 0.6) is 0 Å². The van der Waals surface area contributed by atoms with E-state index in [1.807, 2.05) is 6.07 Å². The summed E-state index contributed by atoms with van der Waals surface area (Å²) in [6, 6.07) is 8.28. The second-order valence-electron chi connectivity index (χ2n) is 6.42. The van der Waals surface area contributed by atoms with Crippen molar-refractivity contribution in [2.75, 3.05) is 20.1 Å². The second-order valence-corrected chi connectivity index (χ2v) is 6.42. The summed E-state index contributed by atoms with van der Waals surface area (Å²) in [5, 5.41) is 3.67. The lowest BCUT2D eigenvalue weighted by Crippen LogP contribution is -2.35. The fourth-order valence-corrected chi connectivity index (χ4v) is 3.46. The number of halogens is 1. The highest BCUT2D eigenvalue weighted by Crippen LogP contribution is 2.34. The minimum absolute atomic E-state index is 0.117. The van der Waals surface area contributed by atoms with Gasteiger partial charge in [0.1, 0.15) is 5.82 Å². The monoisotopic (exact) mass is 276 g/mol. The van der Waals surface area contributed by atoms with Gasteiger partial charge in [0.15, 0.2) is 0 Å². The van der Waals surface area contributed by atoms with Gasteiger partial charge in [-0.2, -0.15) is 0 Å². The number of benzene rings is 1. The van der Waals surface area contributed by atoms with E-state index in [0.29, 0.717) is 12.0 Å². The van der Waals surface area contributed by atoms with Gasteiger partial charge in [-0.3, -0.25) is 4.90 Å². The Morgan fingerprint density at radius 1 is 1.25 bits per heavy atom. The lowest BCUT2D eigenvalue weighted by Gasteiger charge is -2.33. The first kappa shape index (κ1) is 14.0. The van der Waals surface area contributed by atoms with E-state index in [1.54, 1.807) is 6.07 Å². The maximum atomic E-state index is 13.6. The molecule has 0 aromatic heterocycles. The number of nitrogens with zero attached hydrogens (tertiary/aromatic N) is 1. The van der Waals surface area contributed by atoms with Crippen molar-refractivity contribution in [1.29, 1.82) is 0 Å². The maximum Gasteiger partial charge on any atom is 0.123 e. The highest BCUT2D eigenvalue weighted by molar-refractivity contribution is 5.21. The summed E-state index contributed by atoms with van der Waals surface area (Å²) in [7, 11) is 2.19. The Morgan fingerprint density at radius 2 is 2.10 bits per heavy atom. The minimum atomic E-state index is -0.117. The lowest BCUT2D eigenvalue weighted by molar-refractivity contribution is 0.188. The number of hydrogen-bond acceptors (Lipinski definition) is 2. The fourth-order valence-electron chi connectivity index (χ4n) is 3.46. The van der Waals surface area contributed by atoms with E-state index >= 15 is 0 Å². The molecule has 1 saturated heterocycles. The first-order valence-electron chi connectivity index (χ1n) is 7.93. The van der Waals surface area contributed by atoms with Gasteiger partial charge in [-0.05, 0) is 62.9 Å². The zero-order chi connectivity index (χ0) is 13.9. The number of nitrogens with one attached hydrogen (secondary N) is 1. The van der Waals surface area contributed by atoms with Crippen LogP contribution in [0.3, 0.4) is 0 Å². The molecule has 1 aliphatic heterocycles. The molecule has 2 atom stereocenters. The molecule has 3 heteroatoms. The molecular weight excluding hydrogens is 251 g/mol. The summed E-state index contributed by atoms with van der Waals surface area (Å²) in [6.45, 7) is 2.18. The van der Waals surface area contributed by atoms with Crippen molar-refractivity contribution in [2.24, 2.45) is 5.92 Å². The smallest absolute Gasteiger partial charge is 0.123 e. The van der Waals surface area contributed by atoms with Gasteiger partial charge in [0.25, 0.3) is 0 Å². The van der Waals surface area contributed by atoms with Crippen molar-refractivity contribution in [3.8, 4) is 0 Å². The lowest BCUT2D eigenvalue weighted by atomic mass is 9.89. The van der Waals surface area contributed by atoms with Crippen LogP contribution < -0.4 is 5.32 Å². The predicted octanol–water partition coefficient (Wildman–Crippen LogP) is 3.35. The summed E-state index contributed by atoms with van der Waals surface area (Å²) < 4.78 is 13.6. The molecule has 1 aliphatic carbocycles. The Bertz CT molecular complexity index is 444. The van der Waals surface area contributed by atoms with Gasteiger partial charge >= 0.3 is 0 Å². The van der Waals surface area contributed by atoms with E-state index < -0.39 is 0 Å². The molecule has 2 unspecified atom stereocenters. The van der Waals surface area contributed by atoms with Crippen LogP contribution in [0.15, 0.2) is 24.3 Å². The molecule has 1 aromatic carbocycles. The highest BCUT2D eigenvalue weighted by atomic mass is 19.1. The molecule has 0 bridgehead atoms. The van der Waals surface area contributed by atoms with Gasteiger partial charge in [-0.15, -0.1) is 0 Å². The number of rotatable bonds is 4. The Balaban J connectivity index is 1.79. The third-order valence-corrected chi connectivity index (χ3v) is 4.69. The average molecular weight is 276 g/mol. The molecule has 1 aromatic rings. The fraction of sp³-hybridized carbons (Fsp3) is 0.647. The molecule has 0 amide bonds. The minimum Gasteiger partial charge on any atom is -0.314 e. The summed E-state index contributed by atoms with van der Waals surface area (Å²) in [4.78, 5) is 2.42. The maximum absolute atomic E-state index is 13.6.